The fraction of sp³-hybridized carbons (Fsp3) is 0.278. The van der Waals surface area contributed by atoms with Crippen molar-refractivity contribution >= 4 is 12.7 Å². The van der Waals surface area contributed by atoms with Gasteiger partial charge in [0.15, 0.2) is 6.29 Å². The third-order valence-electron chi connectivity index (χ3n) is 3.34. The first-order valence-corrected chi connectivity index (χ1v) is 7.55. The van der Waals surface area contributed by atoms with Crippen LogP contribution in [0.1, 0.15) is 42.1 Å². The summed E-state index contributed by atoms with van der Waals surface area (Å²) in [5.74, 6) is -0.0000595. The van der Waals surface area contributed by atoms with E-state index in [1.807, 2.05) is 12.3 Å². The summed E-state index contributed by atoms with van der Waals surface area (Å²) >= 11 is 0. The highest BCUT2D eigenvalue weighted by Gasteiger charge is 2.05. The molecule has 5 heteroatoms. The maximum atomic E-state index is 10.8. The minimum atomic E-state index is -0.0000595. The van der Waals surface area contributed by atoms with E-state index in [1.165, 1.54) is 30.9 Å². The van der Waals surface area contributed by atoms with Crippen LogP contribution in [0.5, 0.6) is 5.75 Å². The predicted octanol–water partition coefficient (Wildman–Crippen LogP) is 3.10. The number of rotatable bonds is 6. The second-order valence-electron chi connectivity index (χ2n) is 5.04. The van der Waals surface area contributed by atoms with E-state index in [0.29, 0.717) is 6.29 Å². The lowest BCUT2D eigenvalue weighted by molar-refractivity contribution is -0.106. The third-order valence-corrected chi connectivity index (χ3v) is 3.34. The molecule has 0 saturated carbocycles. The van der Waals surface area contributed by atoms with Crippen molar-refractivity contribution < 1.29 is 14.7 Å². The van der Waals surface area contributed by atoms with Gasteiger partial charge in [0.2, 0.25) is 6.41 Å². The Morgan fingerprint density at radius 1 is 1.17 bits per heavy atom. The van der Waals surface area contributed by atoms with Gasteiger partial charge < -0.3 is 10.8 Å². The van der Waals surface area contributed by atoms with E-state index in [4.69, 9.17) is 4.79 Å². The van der Waals surface area contributed by atoms with Crippen molar-refractivity contribution in [2.45, 2.75) is 32.6 Å². The van der Waals surface area contributed by atoms with Crippen LogP contribution < -0.4 is 5.73 Å². The number of hydrogen-bond acceptors (Lipinski definition) is 4. The highest BCUT2D eigenvalue weighted by Crippen LogP contribution is 2.23. The summed E-state index contributed by atoms with van der Waals surface area (Å²) in [5, 5.41) is 9.49. The molecule has 0 atom stereocenters. The second kappa shape index (κ2) is 10.1. The quantitative estimate of drug-likeness (QED) is 0.633. The number of phenols is 1. The molecule has 2 aromatic rings. The molecule has 0 aliphatic rings. The number of carbonyl (C=O) groups excluding carboxylic acids is 2. The molecule has 0 radical (unpaired) electrons. The lowest BCUT2D eigenvalue weighted by atomic mass is 10.1. The number of amides is 1. The average molecular weight is 314 g/mol. The number of benzene rings is 1. The number of aromatic hydroxyl groups is 1. The van der Waals surface area contributed by atoms with E-state index in [1.54, 1.807) is 12.1 Å². The standard InChI is InChI=1S/C17H19NO2.CH3NO/c1-2-3-4-5-13-6-8-16(18-11-13)14-7-9-17(20)15(10-14)12-19;2-1-3/h6-12,20H,2-5H2,1H3;1H,(H2,2,3). The van der Waals surface area contributed by atoms with Gasteiger partial charge in [-0.05, 0) is 42.7 Å². The van der Waals surface area contributed by atoms with E-state index in [0.717, 1.165) is 17.7 Å². The summed E-state index contributed by atoms with van der Waals surface area (Å²) < 4.78 is 0. The van der Waals surface area contributed by atoms with Gasteiger partial charge in [0, 0.05) is 11.8 Å². The molecule has 1 aromatic heterocycles. The Morgan fingerprint density at radius 3 is 2.48 bits per heavy atom. The molecule has 0 bridgehead atoms. The van der Waals surface area contributed by atoms with Crippen molar-refractivity contribution in [2.24, 2.45) is 5.73 Å². The summed E-state index contributed by atoms with van der Waals surface area (Å²) in [5.41, 5.74) is 7.34. The first-order chi connectivity index (χ1) is 11.2. The van der Waals surface area contributed by atoms with Crippen LogP contribution in [-0.2, 0) is 11.2 Å². The molecule has 0 unspecified atom stereocenters. The molecule has 23 heavy (non-hydrogen) atoms. The maximum absolute atomic E-state index is 10.8. The van der Waals surface area contributed by atoms with Gasteiger partial charge in [-0.25, -0.2) is 0 Å². The van der Waals surface area contributed by atoms with Crippen molar-refractivity contribution in [2.75, 3.05) is 0 Å². The minimum absolute atomic E-state index is 0.0000595. The highest BCUT2D eigenvalue weighted by molar-refractivity contribution is 5.82. The van der Waals surface area contributed by atoms with E-state index >= 15 is 0 Å². The van der Waals surface area contributed by atoms with Crippen LogP contribution in [-0.4, -0.2) is 22.8 Å². The SMILES string of the molecule is CCCCCc1ccc(-c2ccc(O)c(C=O)c2)nc1.NC=O. The first kappa shape index (κ1) is 18.4. The molecule has 0 saturated heterocycles. The Morgan fingerprint density at radius 2 is 1.91 bits per heavy atom. The van der Waals surface area contributed by atoms with Gasteiger partial charge >= 0.3 is 0 Å². The molecule has 0 spiro atoms. The van der Waals surface area contributed by atoms with Crippen LogP contribution in [0, 0.1) is 0 Å². The largest absolute Gasteiger partial charge is 0.507 e. The van der Waals surface area contributed by atoms with Crippen LogP contribution in [0.2, 0.25) is 0 Å². The number of aryl methyl sites for hydroxylation is 1. The van der Waals surface area contributed by atoms with Crippen LogP contribution in [0.4, 0.5) is 0 Å². The number of nitrogens with zero attached hydrogens (tertiary/aromatic N) is 1. The summed E-state index contributed by atoms with van der Waals surface area (Å²) in [7, 11) is 0. The normalized spacial score (nSPS) is 9.61. The predicted molar refractivity (Wildman–Crippen MR) is 90.2 cm³/mol. The number of hydrogen-bond donors (Lipinski definition) is 2. The molecule has 0 aliphatic heterocycles. The van der Waals surface area contributed by atoms with Crippen LogP contribution in [0.15, 0.2) is 36.5 Å². The molecular formula is C18H22N2O3. The second-order valence-corrected chi connectivity index (χ2v) is 5.04. The molecule has 0 fully saturated rings. The lowest BCUT2D eigenvalue weighted by Crippen LogP contribution is -1.90. The molecule has 5 nitrogen and oxygen atoms in total. The molecule has 0 aliphatic carbocycles. The zero-order valence-electron chi connectivity index (χ0n) is 13.2. The van der Waals surface area contributed by atoms with E-state index < -0.39 is 0 Å². The molecular weight excluding hydrogens is 292 g/mol. The fourth-order valence-electron chi connectivity index (χ4n) is 2.13. The summed E-state index contributed by atoms with van der Waals surface area (Å²) in [6, 6.07) is 8.98. The number of carbonyl (C=O) groups is 2. The zero-order chi connectivity index (χ0) is 17.1. The summed E-state index contributed by atoms with van der Waals surface area (Å²) in [6.07, 6.45) is 7.48. The topological polar surface area (TPSA) is 93.3 Å². The van der Waals surface area contributed by atoms with E-state index in [9.17, 15) is 9.90 Å². The van der Waals surface area contributed by atoms with Crippen molar-refractivity contribution in [3.8, 4) is 17.0 Å². The summed E-state index contributed by atoms with van der Waals surface area (Å²) in [6.45, 7) is 2.19. The van der Waals surface area contributed by atoms with Gasteiger partial charge in [-0.1, -0.05) is 25.8 Å². The first-order valence-electron chi connectivity index (χ1n) is 7.55. The zero-order valence-corrected chi connectivity index (χ0v) is 13.2. The van der Waals surface area contributed by atoms with Crippen molar-refractivity contribution in [3.63, 3.8) is 0 Å². The van der Waals surface area contributed by atoms with Crippen molar-refractivity contribution in [3.05, 3.63) is 47.7 Å². The Hall–Kier alpha value is -2.69. The van der Waals surface area contributed by atoms with Crippen LogP contribution >= 0.6 is 0 Å². The van der Waals surface area contributed by atoms with Crippen molar-refractivity contribution in [1.29, 1.82) is 0 Å². The molecule has 1 amide bonds. The average Bonchev–Trinajstić information content (AvgIpc) is 2.57. The molecule has 2 rings (SSSR count). The van der Waals surface area contributed by atoms with Gasteiger partial charge in [0.1, 0.15) is 5.75 Å². The van der Waals surface area contributed by atoms with Gasteiger partial charge in [-0.3, -0.25) is 14.6 Å². The molecule has 122 valence electrons. The smallest absolute Gasteiger partial charge is 0.204 e. The van der Waals surface area contributed by atoms with Gasteiger partial charge in [-0.15, -0.1) is 0 Å². The van der Waals surface area contributed by atoms with Crippen molar-refractivity contribution in [1.82, 2.24) is 4.98 Å². The Bertz CT molecular complexity index is 625. The molecule has 3 N–H and O–H groups in total. The Labute approximate surface area is 136 Å². The monoisotopic (exact) mass is 314 g/mol. The Balaban J connectivity index is 0.000000816. The molecule has 1 aromatic carbocycles. The van der Waals surface area contributed by atoms with Crippen LogP contribution in [0.3, 0.4) is 0 Å². The van der Waals surface area contributed by atoms with Gasteiger partial charge in [0.05, 0.1) is 11.3 Å². The number of aromatic nitrogens is 1. The number of unbranched alkanes of at least 4 members (excludes halogenated alkanes) is 2. The molecule has 1 heterocycles. The van der Waals surface area contributed by atoms with E-state index in [2.05, 4.69) is 23.7 Å². The number of primary amides is 1. The van der Waals surface area contributed by atoms with Gasteiger partial charge in [-0.2, -0.15) is 0 Å². The Kier molecular flexibility index (Phi) is 8.07. The summed E-state index contributed by atoms with van der Waals surface area (Å²) in [4.78, 5) is 23.8. The fourth-order valence-corrected chi connectivity index (χ4v) is 2.13. The lowest BCUT2D eigenvalue weighted by Gasteiger charge is -2.05. The highest BCUT2D eigenvalue weighted by atomic mass is 16.3. The minimum Gasteiger partial charge on any atom is -0.507 e. The number of pyridine rings is 1. The number of nitrogens with two attached hydrogens (primary N) is 1. The van der Waals surface area contributed by atoms with E-state index in [-0.39, 0.29) is 17.7 Å². The van der Waals surface area contributed by atoms with Gasteiger partial charge in [0.25, 0.3) is 0 Å². The number of phenolic OH excluding ortho intramolecular Hbond substituents is 1. The number of aldehydes is 1. The maximum Gasteiger partial charge on any atom is 0.204 e. The van der Waals surface area contributed by atoms with Crippen LogP contribution in [0.25, 0.3) is 11.3 Å². The third kappa shape index (κ3) is 5.90.